The van der Waals surface area contributed by atoms with E-state index in [-0.39, 0.29) is 18.4 Å². The van der Waals surface area contributed by atoms with Crippen LogP contribution >= 0.6 is 0 Å². The highest BCUT2D eigenvalue weighted by Gasteiger charge is 2.15. The Morgan fingerprint density at radius 3 is 2.33 bits per heavy atom. The van der Waals surface area contributed by atoms with Crippen molar-refractivity contribution in [1.82, 2.24) is 10.3 Å². The van der Waals surface area contributed by atoms with Crippen LogP contribution in [0.1, 0.15) is 38.3 Å². The molecule has 0 aliphatic heterocycles. The summed E-state index contributed by atoms with van der Waals surface area (Å²) >= 11 is 0. The molecule has 0 atom stereocenters. The quantitative estimate of drug-likeness (QED) is 0.653. The Kier molecular flexibility index (Phi) is 5.04. The smallest absolute Gasteiger partial charge is 0.253 e. The predicted molar refractivity (Wildman–Crippen MR) is 109 cm³/mol. The van der Waals surface area contributed by atoms with Crippen molar-refractivity contribution in [2.24, 2.45) is 0 Å². The predicted octanol–water partition coefficient (Wildman–Crippen LogP) is 4.08. The lowest BCUT2D eigenvalue weighted by atomic mass is 10.1. The van der Waals surface area contributed by atoms with E-state index in [9.17, 15) is 9.59 Å². The maximum absolute atomic E-state index is 12.6. The highest BCUT2D eigenvalue weighted by molar-refractivity contribution is 6.08. The van der Waals surface area contributed by atoms with E-state index < -0.39 is 0 Å². The molecule has 1 aromatic heterocycles. The number of carbonyl (C=O) groups is 2. The monoisotopic (exact) mass is 363 g/mol. The van der Waals surface area contributed by atoms with Gasteiger partial charge in [-0.3, -0.25) is 9.59 Å². The molecule has 0 aliphatic carbocycles. The first kappa shape index (κ1) is 18.7. The Morgan fingerprint density at radius 1 is 1.00 bits per heavy atom. The second-order valence-corrected chi connectivity index (χ2v) is 7.11. The highest BCUT2D eigenvalue weighted by atomic mass is 16.2. The summed E-state index contributed by atoms with van der Waals surface area (Å²) in [4.78, 5) is 28.2. The van der Waals surface area contributed by atoms with Gasteiger partial charge < -0.3 is 15.6 Å². The fourth-order valence-corrected chi connectivity index (χ4v) is 3.49. The number of nitrogens with one attached hydrogen (secondary N) is 3. The summed E-state index contributed by atoms with van der Waals surface area (Å²) in [5, 5.41) is 6.64. The molecule has 3 aromatic rings. The van der Waals surface area contributed by atoms with Crippen LogP contribution in [0.25, 0.3) is 10.9 Å². The van der Waals surface area contributed by atoms with Crippen molar-refractivity contribution in [2.75, 3.05) is 11.9 Å². The number of fused-ring (bicyclic) bond motifs is 1. The van der Waals surface area contributed by atoms with E-state index in [1.807, 2.05) is 58.9 Å². The zero-order valence-electron chi connectivity index (χ0n) is 16.4. The largest absolute Gasteiger partial charge is 0.358 e. The number of hydrogen-bond acceptors (Lipinski definition) is 2. The number of hydrogen-bond donors (Lipinski definition) is 3. The minimum absolute atomic E-state index is 0.0827. The molecule has 1 heterocycles. The number of para-hydroxylation sites is 1. The lowest BCUT2D eigenvalue weighted by molar-refractivity contribution is -0.115. The van der Waals surface area contributed by atoms with Crippen LogP contribution in [0.4, 0.5) is 5.69 Å². The number of aromatic amines is 1. The Labute approximate surface area is 159 Å². The average Bonchev–Trinajstić information content (AvgIpc) is 2.90. The minimum Gasteiger partial charge on any atom is -0.358 e. The van der Waals surface area contributed by atoms with Crippen molar-refractivity contribution >= 4 is 28.4 Å². The van der Waals surface area contributed by atoms with Crippen molar-refractivity contribution in [2.45, 2.75) is 34.6 Å². The van der Waals surface area contributed by atoms with Gasteiger partial charge in [0.1, 0.15) is 0 Å². The standard InChI is InChI=1S/C22H25N3O2/c1-12-9-13(2)20(14(3)10-12)25-19(26)11-23-22(27)18-8-6-7-17-15(4)16(5)24-21(17)18/h6-10,24H,11H2,1-5H3,(H,23,27)(H,25,26). The van der Waals surface area contributed by atoms with Gasteiger partial charge in [0.05, 0.1) is 17.6 Å². The summed E-state index contributed by atoms with van der Waals surface area (Å²) in [6.07, 6.45) is 0. The summed E-state index contributed by atoms with van der Waals surface area (Å²) in [5.41, 5.74) is 7.48. The molecular weight excluding hydrogens is 338 g/mol. The van der Waals surface area contributed by atoms with Crippen LogP contribution in [0, 0.1) is 34.6 Å². The van der Waals surface area contributed by atoms with E-state index in [0.29, 0.717) is 5.56 Å². The number of amides is 2. The molecule has 3 N–H and O–H groups in total. The molecule has 0 unspecified atom stereocenters. The molecule has 5 nitrogen and oxygen atoms in total. The Hall–Kier alpha value is -3.08. The topological polar surface area (TPSA) is 74.0 Å². The molecule has 0 radical (unpaired) electrons. The third-order valence-corrected chi connectivity index (χ3v) is 4.94. The minimum atomic E-state index is -0.269. The second-order valence-electron chi connectivity index (χ2n) is 7.11. The molecule has 27 heavy (non-hydrogen) atoms. The molecule has 0 saturated carbocycles. The van der Waals surface area contributed by atoms with Crippen LogP contribution < -0.4 is 10.6 Å². The van der Waals surface area contributed by atoms with Crippen molar-refractivity contribution in [3.63, 3.8) is 0 Å². The number of aromatic nitrogens is 1. The first-order valence-electron chi connectivity index (χ1n) is 9.01. The lowest BCUT2D eigenvalue weighted by Crippen LogP contribution is -2.33. The molecule has 5 heteroatoms. The van der Waals surface area contributed by atoms with Crippen molar-refractivity contribution < 1.29 is 9.59 Å². The Morgan fingerprint density at radius 2 is 1.67 bits per heavy atom. The zero-order valence-corrected chi connectivity index (χ0v) is 16.4. The van der Waals surface area contributed by atoms with E-state index in [4.69, 9.17) is 0 Å². The first-order valence-corrected chi connectivity index (χ1v) is 9.01. The first-order chi connectivity index (χ1) is 12.8. The van der Waals surface area contributed by atoms with Crippen LogP contribution in [0.2, 0.25) is 0 Å². The number of rotatable bonds is 4. The molecule has 0 saturated heterocycles. The molecule has 0 aliphatic rings. The van der Waals surface area contributed by atoms with Crippen molar-refractivity contribution in [1.29, 1.82) is 0 Å². The van der Waals surface area contributed by atoms with Crippen LogP contribution in [-0.4, -0.2) is 23.3 Å². The highest BCUT2D eigenvalue weighted by Crippen LogP contribution is 2.24. The van der Waals surface area contributed by atoms with Gasteiger partial charge in [-0.2, -0.15) is 0 Å². The molecule has 2 aromatic carbocycles. The number of aryl methyl sites for hydroxylation is 5. The second kappa shape index (κ2) is 7.27. The van der Waals surface area contributed by atoms with E-state index in [0.717, 1.165) is 44.5 Å². The number of carbonyl (C=O) groups excluding carboxylic acids is 2. The molecule has 0 bridgehead atoms. The normalized spacial score (nSPS) is 10.9. The molecule has 0 spiro atoms. The third kappa shape index (κ3) is 3.72. The SMILES string of the molecule is Cc1cc(C)c(NC(=O)CNC(=O)c2cccc3c(C)c(C)[nH]c23)c(C)c1. The van der Waals surface area contributed by atoms with Crippen molar-refractivity contribution in [3.05, 3.63) is 63.8 Å². The Bertz CT molecular complexity index is 1020. The van der Waals surface area contributed by atoms with Crippen LogP contribution in [-0.2, 0) is 4.79 Å². The third-order valence-electron chi connectivity index (χ3n) is 4.94. The maximum atomic E-state index is 12.6. The van der Waals surface area contributed by atoms with E-state index >= 15 is 0 Å². The van der Waals surface area contributed by atoms with Gasteiger partial charge in [-0.05, 0) is 57.4 Å². The van der Waals surface area contributed by atoms with Gasteiger partial charge in [0.25, 0.3) is 5.91 Å². The van der Waals surface area contributed by atoms with Crippen LogP contribution in [0.15, 0.2) is 30.3 Å². The summed E-state index contributed by atoms with van der Waals surface area (Å²) in [7, 11) is 0. The fraction of sp³-hybridized carbons (Fsp3) is 0.273. The summed E-state index contributed by atoms with van der Waals surface area (Å²) in [5.74, 6) is -0.515. The van der Waals surface area contributed by atoms with Gasteiger partial charge in [0.15, 0.2) is 0 Å². The summed E-state index contributed by atoms with van der Waals surface area (Å²) in [6.45, 7) is 9.87. The van der Waals surface area contributed by atoms with Gasteiger partial charge in [0, 0.05) is 16.8 Å². The van der Waals surface area contributed by atoms with Gasteiger partial charge in [-0.1, -0.05) is 29.8 Å². The summed E-state index contributed by atoms with van der Waals surface area (Å²) in [6, 6.07) is 9.66. The maximum Gasteiger partial charge on any atom is 0.253 e. The average molecular weight is 363 g/mol. The van der Waals surface area contributed by atoms with Gasteiger partial charge in [0.2, 0.25) is 5.91 Å². The van der Waals surface area contributed by atoms with E-state index in [1.54, 1.807) is 6.07 Å². The molecular formula is C22H25N3O2. The number of benzene rings is 2. The molecule has 2 amide bonds. The number of anilines is 1. The molecule has 0 fully saturated rings. The Balaban J connectivity index is 1.71. The van der Waals surface area contributed by atoms with Gasteiger partial charge in [-0.15, -0.1) is 0 Å². The molecule has 3 rings (SSSR count). The van der Waals surface area contributed by atoms with Gasteiger partial charge >= 0.3 is 0 Å². The molecule has 140 valence electrons. The zero-order chi connectivity index (χ0) is 19.7. The summed E-state index contributed by atoms with van der Waals surface area (Å²) < 4.78 is 0. The van der Waals surface area contributed by atoms with Crippen molar-refractivity contribution in [3.8, 4) is 0 Å². The van der Waals surface area contributed by atoms with Crippen LogP contribution in [0.3, 0.4) is 0 Å². The fourth-order valence-electron chi connectivity index (χ4n) is 3.49. The lowest BCUT2D eigenvalue weighted by Gasteiger charge is -2.13. The van der Waals surface area contributed by atoms with E-state index in [1.165, 1.54) is 0 Å². The van der Waals surface area contributed by atoms with Gasteiger partial charge in [-0.25, -0.2) is 0 Å². The van der Waals surface area contributed by atoms with Crippen LogP contribution in [0.5, 0.6) is 0 Å². The van der Waals surface area contributed by atoms with E-state index in [2.05, 4.69) is 15.6 Å². The number of H-pyrrole nitrogens is 1.